The first-order valence-electron chi connectivity index (χ1n) is 9.59. The van der Waals surface area contributed by atoms with Gasteiger partial charge in [0.25, 0.3) is 5.95 Å². The summed E-state index contributed by atoms with van der Waals surface area (Å²) in [6.45, 7) is 2.69. The summed E-state index contributed by atoms with van der Waals surface area (Å²) in [5.74, 6) is -0.229. The topological polar surface area (TPSA) is 94.7 Å². The zero-order chi connectivity index (χ0) is 22.5. The number of carbonyl (C=O) groups is 1. The molecule has 12 heteroatoms. The van der Waals surface area contributed by atoms with Gasteiger partial charge in [-0.15, -0.1) is 5.10 Å². The number of anilines is 1. The van der Waals surface area contributed by atoms with Gasteiger partial charge in [-0.05, 0) is 35.5 Å². The van der Waals surface area contributed by atoms with Crippen molar-refractivity contribution in [1.82, 2.24) is 20.2 Å². The highest BCUT2D eigenvalue weighted by Gasteiger charge is 2.18. The van der Waals surface area contributed by atoms with Gasteiger partial charge in [-0.3, -0.25) is 0 Å². The molecule has 0 bridgehead atoms. The van der Waals surface area contributed by atoms with E-state index in [0.717, 1.165) is 0 Å². The number of hydrogen-bond acceptors (Lipinski definition) is 8. The molecular formula is C20H17Cl3N6O3. The number of morpholine rings is 1. The Morgan fingerprint density at radius 1 is 1.06 bits per heavy atom. The van der Waals surface area contributed by atoms with Crippen molar-refractivity contribution in [2.75, 3.05) is 31.2 Å². The smallest absolute Gasteiger partial charge is 0.367 e. The normalized spacial score (nSPS) is 14.5. The summed E-state index contributed by atoms with van der Waals surface area (Å²) in [5, 5.41) is 17.8. The summed E-state index contributed by atoms with van der Waals surface area (Å²) in [6.07, 6.45) is 0. The molecule has 0 aliphatic carbocycles. The van der Waals surface area contributed by atoms with Crippen LogP contribution in [0.1, 0.15) is 15.9 Å². The maximum Gasteiger partial charge on any atom is 0.367 e. The zero-order valence-electron chi connectivity index (χ0n) is 16.6. The molecule has 4 rings (SSSR count). The highest BCUT2D eigenvalue weighted by molar-refractivity contribution is 6.36. The Morgan fingerprint density at radius 3 is 2.50 bits per heavy atom. The third-order valence-corrected chi connectivity index (χ3v) is 5.39. The predicted molar refractivity (Wildman–Crippen MR) is 121 cm³/mol. The van der Waals surface area contributed by atoms with Gasteiger partial charge in [-0.1, -0.05) is 57.2 Å². The molecule has 2 heterocycles. The van der Waals surface area contributed by atoms with Crippen LogP contribution in [-0.4, -0.2) is 58.2 Å². The number of nitrogens with zero attached hydrogens (tertiary/aromatic N) is 6. The summed E-state index contributed by atoms with van der Waals surface area (Å²) in [6, 6.07) is 11.4. The molecule has 1 saturated heterocycles. The van der Waals surface area contributed by atoms with Gasteiger partial charge in [0.15, 0.2) is 0 Å². The molecule has 1 aliphatic heterocycles. The molecule has 9 nitrogen and oxygen atoms in total. The predicted octanol–water partition coefficient (Wildman–Crippen LogP) is 3.73. The van der Waals surface area contributed by atoms with E-state index in [1.807, 2.05) is 4.90 Å². The maximum atomic E-state index is 12.5. The van der Waals surface area contributed by atoms with Crippen LogP contribution in [0, 0.1) is 0 Å². The van der Waals surface area contributed by atoms with Crippen molar-refractivity contribution in [2.24, 2.45) is 5.16 Å². The Kier molecular flexibility index (Phi) is 7.21. The Hall–Kier alpha value is -2.72. The number of ether oxygens (including phenoxy) is 1. The standard InChI is InChI=1S/C20H17Cl3N6O3/c21-14-3-1-13(2-4-14)18(26-32-19(30)16-6-5-15(22)11-17(16)23)12-29-25-20(24-27-29)28-7-9-31-10-8-28/h1-6,11H,7-10,12H2. The molecule has 0 atom stereocenters. The highest BCUT2D eigenvalue weighted by atomic mass is 35.5. The van der Waals surface area contributed by atoms with Crippen LogP contribution < -0.4 is 4.90 Å². The second kappa shape index (κ2) is 10.3. The minimum absolute atomic E-state index is 0.112. The first-order chi connectivity index (χ1) is 15.5. The van der Waals surface area contributed by atoms with E-state index in [0.29, 0.717) is 53.6 Å². The zero-order valence-corrected chi connectivity index (χ0v) is 18.9. The third-order valence-electron chi connectivity index (χ3n) is 4.59. The summed E-state index contributed by atoms with van der Waals surface area (Å²) in [4.78, 5) is 21.0. The van der Waals surface area contributed by atoms with Gasteiger partial charge in [0.2, 0.25) is 0 Å². The quantitative estimate of drug-likeness (QED) is 0.292. The Morgan fingerprint density at radius 2 is 1.78 bits per heavy atom. The fourth-order valence-corrected chi connectivity index (χ4v) is 3.55. The van der Waals surface area contributed by atoms with E-state index in [9.17, 15) is 4.79 Å². The molecule has 1 aliphatic rings. The van der Waals surface area contributed by atoms with Gasteiger partial charge in [-0.2, -0.15) is 4.80 Å². The van der Waals surface area contributed by atoms with Crippen LogP contribution in [0.5, 0.6) is 0 Å². The SMILES string of the molecule is O=C(ON=C(Cn1nnc(N2CCOCC2)n1)c1ccc(Cl)cc1)c1ccc(Cl)cc1Cl. The van der Waals surface area contributed by atoms with Gasteiger partial charge in [-0.25, -0.2) is 4.79 Å². The van der Waals surface area contributed by atoms with Gasteiger partial charge in [0, 0.05) is 28.7 Å². The van der Waals surface area contributed by atoms with Gasteiger partial charge < -0.3 is 14.5 Å². The van der Waals surface area contributed by atoms with Crippen LogP contribution in [0.25, 0.3) is 0 Å². The molecule has 0 N–H and O–H groups in total. The van der Waals surface area contributed by atoms with Crippen molar-refractivity contribution >= 4 is 52.4 Å². The molecule has 0 spiro atoms. The highest BCUT2D eigenvalue weighted by Crippen LogP contribution is 2.22. The molecule has 0 radical (unpaired) electrons. The van der Waals surface area contributed by atoms with Crippen molar-refractivity contribution in [1.29, 1.82) is 0 Å². The monoisotopic (exact) mass is 494 g/mol. The average Bonchev–Trinajstić information content (AvgIpc) is 3.26. The number of hydrogen-bond donors (Lipinski definition) is 0. The first-order valence-corrected chi connectivity index (χ1v) is 10.7. The van der Waals surface area contributed by atoms with Gasteiger partial charge in [0.05, 0.1) is 23.8 Å². The number of oxime groups is 1. The Balaban J connectivity index is 1.55. The van der Waals surface area contributed by atoms with E-state index in [4.69, 9.17) is 44.4 Å². The average molecular weight is 496 g/mol. The number of halogens is 3. The Bertz CT molecular complexity index is 1130. The van der Waals surface area contributed by atoms with E-state index >= 15 is 0 Å². The fourth-order valence-electron chi connectivity index (χ4n) is 2.94. The summed E-state index contributed by atoms with van der Waals surface area (Å²) in [7, 11) is 0. The minimum atomic E-state index is -0.723. The van der Waals surface area contributed by atoms with E-state index in [-0.39, 0.29) is 17.1 Å². The molecule has 32 heavy (non-hydrogen) atoms. The number of carbonyl (C=O) groups excluding carboxylic acids is 1. The molecule has 166 valence electrons. The molecule has 2 aromatic carbocycles. The van der Waals surface area contributed by atoms with Gasteiger partial charge >= 0.3 is 5.97 Å². The maximum absolute atomic E-state index is 12.5. The van der Waals surface area contributed by atoms with E-state index in [2.05, 4.69) is 20.6 Å². The number of rotatable bonds is 6. The molecule has 0 amide bonds. The molecule has 1 fully saturated rings. The summed E-state index contributed by atoms with van der Waals surface area (Å²) in [5.41, 5.74) is 1.21. The second-order valence-corrected chi connectivity index (χ2v) is 8.05. The lowest BCUT2D eigenvalue weighted by Gasteiger charge is -2.24. The summed E-state index contributed by atoms with van der Waals surface area (Å²) >= 11 is 18.0. The molecule has 0 unspecified atom stereocenters. The van der Waals surface area contributed by atoms with E-state index in [1.165, 1.54) is 16.9 Å². The minimum Gasteiger partial charge on any atom is -0.378 e. The van der Waals surface area contributed by atoms with Crippen molar-refractivity contribution in [3.8, 4) is 0 Å². The van der Waals surface area contributed by atoms with Crippen LogP contribution in [0.2, 0.25) is 15.1 Å². The van der Waals surface area contributed by atoms with Crippen LogP contribution in [0.3, 0.4) is 0 Å². The van der Waals surface area contributed by atoms with Gasteiger partial charge in [0.1, 0.15) is 12.3 Å². The van der Waals surface area contributed by atoms with Crippen molar-refractivity contribution in [3.63, 3.8) is 0 Å². The van der Waals surface area contributed by atoms with Crippen LogP contribution in [-0.2, 0) is 16.1 Å². The largest absolute Gasteiger partial charge is 0.378 e. The number of benzene rings is 2. The van der Waals surface area contributed by atoms with Crippen LogP contribution in [0.4, 0.5) is 5.95 Å². The number of aromatic nitrogens is 4. The summed E-state index contributed by atoms with van der Waals surface area (Å²) < 4.78 is 5.35. The first kappa shape index (κ1) is 22.5. The van der Waals surface area contributed by atoms with Crippen LogP contribution in [0.15, 0.2) is 47.6 Å². The second-order valence-electron chi connectivity index (χ2n) is 6.77. The lowest BCUT2D eigenvalue weighted by Crippen LogP contribution is -2.37. The van der Waals surface area contributed by atoms with Crippen LogP contribution >= 0.6 is 34.8 Å². The fraction of sp³-hybridized carbons (Fsp3) is 0.250. The Labute approximate surface area is 198 Å². The molecule has 3 aromatic rings. The van der Waals surface area contributed by atoms with E-state index < -0.39 is 5.97 Å². The van der Waals surface area contributed by atoms with Crippen molar-refractivity contribution in [3.05, 3.63) is 68.7 Å². The number of tetrazole rings is 1. The van der Waals surface area contributed by atoms with E-state index in [1.54, 1.807) is 30.3 Å². The lowest BCUT2D eigenvalue weighted by molar-refractivity contribution is 0.0515. The molecule has 1 aromatic heterocycles. The van der Waals surface area contributed by atoms with Crippen molar-refractivity contribution in [2.45, 2.75) is 6.54 Å². The lowest BCUT2D eigenvalue weighted by atomic mass is 10.1. The third kappa shape index (κ3) is 5.55. The van der Waals surface area contributed by atoms with Crippen molar-refractivity contribution < 1.29 is 14.4 Å². The molecule has 0 saturated carbocycles. The molecular weight excluding hydrogens is 479 g/mol.